The van der Waals surface area contributed by atoms with E-state index in [1.165, 1.54) is 0 Å². The molecule has 5 heteroatoms. The fraction of sp³-hybridized carbons (Fsp3) is 0.167. The van der Waals surface area contributed by atoms with Crippen LogP contribution in [0.1, 0.15) is 30.0 Å². The number of nitrogens with two attached hydrogens (primary N) is 1. The Morgan fingerprint density at radius 1 is 1.22 bits per heavy atom. The number of nitrogen functional groups attached to an aromatic ring is 1. The van der Waals surface area contributed by atoms with Gasteiger partial charge in [0.25, 0.3) is 0 Å². The van der Waals surface area contributed by atoms with E-state index < -0.39 is 0 Å². The molecule has 0 amide bonds. The zero-order chi connectivity index (χ0) is 15.8. The van der Waals surface area contributed by atoms with E-state index in [4.69, 9.17) is 5.73 Å². The molecule has 1 saturated carbocycles. The van der Waals surface area contributed by atoms with Crippen LogP contribution >= 0.6 is 0 Å². The van der Waals surface area contributed by atoms with E-state index in [1.54, 1.807) is 10.9 Å². The molecule has 23 heavy (non-hydrogen) atoms. The second-order valence-electron chi connectivity index (χ2n) is 5.74. The third-order valence-electron chi connectivity index (χ3n) is 4.10. The molecule has 0 bridgehead atoms. The van der Waals surface area contributed by atoms with E-state index >= 15 is 0 Å². The van der Waals surface area contributed by atoms with E-state index in [-0.39, 0.29) is 0 Å². The first-order valence-electron chi connectivity index (χ1n) is 7.57. The quantitative estimate of drug-likeness (QED) is 0.805. The highest BCUT2D eigenvalue weighted by Crippen LogP contribution is 2.41. The summed E-state index contributed by atoms with van der Waals surface area (Å²) in [7, 11) is 0. The lowest BCUT2D eigenvalue weighted by Gasteiger charge is -2.11. The Kier molecular flexibility index (Phi) is 3.09. The van der Waals surface area contributed by atoms with Crippen molar-refractivity contribution in [2.75, 3.05) is 5.73 Å². The standard InChI is InChI=1S/C18H15N5/c19-11-16-15(10-17(12-5-6-12)22-18(16)20)13-3-1-4-14(9-13)23-8-2-7-21-23/h1-4,7-10,12H,5-6H2,(H2,20,22). The van der Waals surface area contributed by atoms with Crippen LogP contribution in [0.2, 0.25) is 0 Å². The third kappa shape index (κ3) is 2.44. The predicted molar refractivity (Wildman–Crippen MR) is 87.9 cm³/mol. The largest absolute Gasteiger partial charge is 0.383 e. The number of anilines is 1. The zero-order valence-electron chi connectivity index (χ0n) is 12.5. The van der Waals surface area contributed by atoms with Crippen LogP contribution in [0, 0.1) is 11.3 Å². The van der Waals surface area contributed by atoms with Gasteiger partial charge in [0.2, 0.25) is 0 Å². The van der Waals surface area contributed by atoms with Gasteiger partial charge in [-0.25, -0.2) is 9.67 Å². The maximum absolute atomic E-state index is 9.47. The molecule has 0 aliphatic heterocycles. The molecular weight excluding hydrogens is 286 g/mol. The fourth-order valence-electron chi connectivity index (χ4n) is 2.76. The summed E-state index contributed by atoms with van der Waals surface area (Å²) in [5.41, 5.74) is 10.2. The average Bonchev–Trinajstić information content (AvgIpc) is 3.28. The second kappa shape index (κ2) is 5.25. The van der Waals surface area contributed by atoms with Crippen molar-refractivity contribution in [1.82, 2.24) is 14.8 Å². The van der Waals surface area contributed by atoms with E-state index in [1.807, 2.05) is 42.6 Å². The summed E-state index contributed by atoms with van der Waals surface area (Å²) in [5.74, 6) is 0.800. The van der Waals surface area contributed by atoms with Crippen molar-refractivity contribution in [3.8, 4) is 22.9 Å². The van der Waals surface area contributed by atoms with Gasteiger partial charge < -0.3 is 5.73 Å². The highest BCUT2D eigenvalue weighted by Gasteiger charge is 2.27. The van der Waals surface area contributed by atoms with Crippen LogP contribution in [0.25, 0.3) is 16.8 Å². The Bertz CT molecular complexity index is 902. The third-order valence-corrected chi connectivity index (χ3v) is 4.10. The van der Waals surface area contributed by atoms with Crippen molar-refractivity contribution in [1.29, 1.82) is 5.26 Å². The number of pyridine rings is 1. The van der Waals surface area contributed by atoms with Crippen molar-refractivity contribution in [3.05, 3.63) is 60.0 Å². The van der Waals surface area contributed by atoms with Crippen LogP contribution in [-0.4, -0.2) is 14.8 Å². The summed E-state index contributed by atoms with van der Waals surface area (Å²) >= 11 is 0. The Morgan fingerprint density at radius 3 is 2.78 bits per heavy atom. The number of aromatic nitrogens is 3. The maximum atomic E-state index is 9.47. The van der Waals surface area contributed by atoms with Gasteiger partial charge in [-0.3, -0.25) is 0 Å². The lowest BCUT2D eigenvalue weighted by atomic mass is 9.99. The molecule has 1 fully saturated rings. The van der Waals surface area contributed by atoms with E-state index in [9.17, 15) is 5.26 Å². The van der Waals surface area contributed by atoms with Gasteiger partial charge in [0.15, 0.2) is 0 Å². The molecule has 0 unspecified atom stereocenters. The summed E-state index contributed by atoms with van der Waals surface area (Å²) in [4.78, 5) is 4.40. The van der Waals surface area contributed by atoms with Gasteiger partial charge in [-0.1, -0.05) is 12.1 Å². The first kappa shape index (κ1) is 13.5. The van der Waals surface area contributed by atoms with Crippen LogP contribution in [-0.2, 0) is 0 Å². The molecule has 0 saturated heterocycles. The monoisotopic (exact) mass is 301 g/mol. The van der Waals surface area contributed by atoms with Gasteiger partial charge in [-0.2, -0.15) is 10.4 Å². The van der Waals surface area contributed by atoms with Crippen LogP contribution in [0.4, 0.5) is 5.82 Å². The maximum Gasteiger partial charge on any atom is 0.142 e. The molecule has 0 atom stereocenters. The van der Waals surface area contributed by atoms with Gasteiger partial charge in [0, 0.05) is 29.6 Å². The summed E-state index contributed by atoms with van der Waals surface area (Å²) in [5, 5.41) is 13.7. The minimum absolute atomic E-state index is 0.316. The fourth-order valence-corrected chi connectivity index (χ4v) is 2.76. The average molecular weight is 301 g/mol. The van der Waals surface area contributed by atoms with E-state index in [2.05, 4.69) is 16.2 Å². The molecule has 2 heterocycles. The van der Waals surface area contributed by atoms with E-state index in [0.717, 1.165) is 35.3 Å². The molecule has 1 aromatic carbocycles. The molecule has 112 valence electrons. The summed E-state index contributed by atoms with van der Waals surface area (Å²) < 4.78 is 1.79. The lowest BCUT2D eigenvalue weighted by Crippen LogP contribution is -2.01. The Hall–Kier alpha value is -3.13. The number of hydrogen-bond donors (Lipinski definition) is 1. The van der Waals surface area contributed by atoms with Gasteiger partial charge in [0.1, 0.15) is 17.5 Å². The van der Waals surface area contributed by atoms with Crippen molar-refractivity contribution in [3.63, 3.8) is 0 Å². The van der Waals surface area contributed by atoms with Crippen LogP contribution < -0.4 is 5.73 Å². The summed E-state index contributed by atoms with van der Waals surface area (Å²) in [6.45, 7) is 0. The first-order chi connectivity index (χ1) is 11.3. The molecule has 4 rings (SSSR count). The van der Waals surface area contributed by atoms with Gasteiger partial charge in [0.05, 0.1) is 5.69 Å². The molecule has 0 radical (unpaired) electrons. The minimum Gasteiger partial charge on any atom is -0.383 e. The number of rotatable bonds is 3. The van der Waals surface area contributed by atoms with E-state index in [0.29, 0.717) is 17.3 Å². The van der Waals surface area contributed by atoms with Crippen molar-refractivity contribution in [2.45, 2.75) is 18.8 Å². The lowest BCUT2D eigenvalue weighted by molar-refractivity contribution is 0.881. The normalized spacial score (nSPS) is 13.7. The Balaban J connectivity index is 1.87. The first-order valence-corrected chi connectivity index (χ1v) is 7.57. The molecule has 5 nitrogen and oxygen atoms in total. The Labute approximate surface area is 134 Å². The van der Waals surface area contributed by atoms with Gasteiger partial charge in [-0.05, 0) is 42.7 Å². The number of hydrogen-bond acceptors (Lipinski definition) is 4. The number of benzene rings is 1. The van der Waals surface area contributed by atoms with Crippen LogP contribution in [0.5, 0.6) is 0 Å². The Morgan fingerprint density at radius 2 is 2.09 bits per heavy atom. The topological polar surface area (TPSA) is 80.5 Å². The summed E-state index contributed by atoms with van der Waals surface area (Å²) in [6.07, 6.45) is 5.92. The van der Waals surface area contributed by atoms with Crippen LogP contribution in [0.3, 0.4) is 0 Å². The number of nitrogens with zero attached hydrogens (tertiary/aromatic N) is 4. The van der Waals surface area contributed by atoms with Crippen molar-refractivity contribution >= 4 is 5.82 Å². The number of nitriles is 1. The zero-order valence-corrected chi connectivity index (χ0v) is 12.5. The van der Waals surface area contributed by atoms with Gasteiger partial charge >= 0.3 is 0 Å². The van der Waals surface area contributed by atoms with Crippen molar-refractivity contribution < 1.29 is 0 Å². The van der Waals surface area contributed by atoms with Gasteiger partial charge in [-0.15, -0.1) is 0 Å². The molecule has 0 spiro atoms. The smallest absolute Gasteiger partial charge is 0.142 e. The molecule has 2 aromatic heterocycles. The highest BCUT2D eigenvalue weighted by molar-refractivity contribution is 5.77. The predicted octanol–water partition coefficient (Wildman–Crippen LogP) is 3.27. The molecule has 1 aliphatic carbocycles. The molecule has 2 N–H and O–H groups in total. The van der Waals surface area contributed by atoms with Crippen LogP contribution in [0.15, 0.2) is 48.8 Å². The highest BCUT2D eigenvalue weighted by atomic mass is 15.3. The second-order valence-corrected chi connectivity index (χ2v) is 5.74. The summed E-state index contributed by atoms with van der Waals surface area (Å²) in [6, 6.07) is 14.0. The molecular formula is C18H15N5. The molecule has 3 aromatic rings. The SMILES string of the molecule is N#Cc1c(-c2cccc(-n3cccn3)c2)cc(C2CC2)nc1N. The minimum atomic E-state index is 0.316. The van der Waals surface area contributed by atoms with Crippen molar-refractivity contribution in [2.24, 2.45) is 0 Å². The molecule has 1 aliphatic rings.